The molecule has 6 nitrogen and oxygen atoms in total. The first-order valence-electron chi connectivity index (χ1n) is 9.72. The summed E-state index contributed by atoms with van der Waals surface area (Å²) in [5.74, 6) is -0.263. The van der Waals surface area contributed by atoms with Gasteiger partial charge in [0, 0.05) is 12.8 Å². The van der Waals surface area contributed by atoms with Crippen molar-refractivity contribution in [2.24, 2.45) is 0 Å². The first-order chi connectivity index (χ1) is 12.9. The van der Waals surface area contributed by atoms with E-state index in [1.54, 1.807) is 32.0 Å². The third-order valence-electron chi connectivity index (χ3n) is 4.38. The summed E-state index contributed by atoms with van der Waals surface area (Å²) in [6, 6.07) is 4.98. The molecular formula is C21H33NO5. The van der Waals surface area contributed by atoms with E-state index in [2.05, 4.69) is 12.2 Å². The van der Waals surface area contributed by atoms with Gasteiger partial charge in [-0.2, -0.15) is 0 Å². The number of nitrogens with one attached hydrogen (secondary N) is 1. The van der Waals surface area contributed by atoms with Gasteiger partial charge < -0.3 is 19.5 Å². The first-order valence-corrected chi connectivity index (χ1v) is 9.72. The van der Waals surface area contributed by atoms with Crippen molar-refractivity contribution < 1.29 is 23.8 Å². The molecule has 6 heteroatoms. The number of unbranched alkanes of at least 4 members (excludes halogenated alkanes) is 2. The first kappa shape index (κ1) is 23.0. The molecule has 1 amide bonds. The fourth-order valence-corrected chi connectivity index (χ4v) is 2.60. The SMILES string of the molecule is CCCCC[C@](C)(OC)C(=O)Nc1ccc(OCCC)c(C(=O)OCC)c1. The van der Waals surface area contributed by atoms with Gasteiger partial charge >= 0.3 is 5.97 Å². The Balaban J connectivity index is 2.99. The molecule has 0 bridgehead atoms. The van der Waals surface area contributed by atoms with Crippen LogP contribution in [0.15, 0.2) is 18.2 Å². The lowest BCUT2D eigenvalue weighted by Gasteiger charge is -2.27. The van der Waals surface area contributed by atoms with E-state index in [4.69, 9.17) is 14.2 Å². The molecular weight excluding hydrogens is 346 g/mol. The quantitative estimate of drug-likeness (QED) is 0.425. The largest absolute Gasteiger partial charge is 0.493 e. The van der Waals surface area contributed by atoms with Crippen molar-refractivity contribution in [1.82, 2.24) is 0 Å². The maximum absolute atomic E-state index is 12.7. The van der Waals surface area contributed by atoms with E-state index in [0.717, 1.165) is 25.7 Å². The molecule has 0 spiro atoms. The van der Waals surface area contributed by atoms with E-state index in [1.165, 1.54) is 7.11 Å². The summed E-state index contributed by atoms with van der Waals surface area (Å²) in [6.45, 7) is 8.39. The lowest BCUT2D eigenvalue weighted by Crippen LogP contribution is -2.42. The van der Waals surface area contributed by atoms with Gasteiger partial charge in [0.2, 0.25) is 0 Å². The molecule has 0 saturated heterocycles. The fraction of sp³-hybridized carbons (Fsp3) is 0.619. The minimum Gasteiger partial charge on any atom is -0.493 e. The molecule has 0 aromatic heterocycles. The topological polar surface area (TPSA) is 73.9 Å². The van der Waals surface area contributed by atoms with Gasteiger partial charge in [-0.1, -0.05) is 33.1 Å². The van der Waals surface area contributed by atoms with Crippen LogP contribution >= 0.6 is 0 Å². The number of carbonyl (C=O) groups excluding carboxylic acids is 2. The third kappa shape index (κ3) is 6.86. The minimum absolute atomic E-state index is 0.238. The second kappa shape index (κ2) is 11.6. The van der Waals surface area contributed by atoms with Gasteiger partial charge in [-0.25, -0.2) is 4.79 Å². The van der Waals surface area contributed by atoms with Crippen molar-refractivity contribution in [3.8, 4) is 5.75 Å². The normalized spacial score (nSPS) is 12.9. The summed E-state index contributed by atoms with van der Waals surface area (Å²) in [6.07, 6.45) is 4.48. The van der Waals surface area contributed by atoms with Crippen LogP contribution in [-0.4, -0.2) is 37.8 Å². The van der Waals surface area contributed by atoms with Gasteiger partial charge in [-0.3, -0.25) is 4.79 Å². The number of carbonyl (C=O) groups is 2. The van der Waals surface area contributed by atoms with Crippen molar-refractivity contribution >= 4 is 17.6 Å². The van der Waals surface area contributed by atoms with E-state index < -0.39 is 11.6 Å². The second-order valence-electron chi connectivity index (χ2n) is 6.63. The molecule has 1 atom stereocenters. The number of esters is 1. The Hall–Kier alpha value is -2.08. The van der Waals surface area contributed by atoms with E-state index >= 15 is 0 Å². The van der Waals surface area contributed by atoms with Crippen LogP contribution in [-0.2, 0) is 14.3 Å². The molecule has 0 aliphatic carbocycles. The zero-order chi connectivity index (χ0) is 20.3. The van der Waals surface area contributed by atoms with Crippen LogP contribution in [0.5, 0.6) is 5.75 Å². The number of anilines is 1. The predicted molar refractivity (Wildman–Crippen MR) is 106 cm³/mol. The molecule has 0 radical (unpaired) electrons. The van der Waals surface area contributed by atoms with Crippen molar-refractivity contribution in [3.05, 3.63) is 23.8 Å². The monoisotopic (exact) mass is 379 g/mol. The van der Waals surface area contributed by atoms with Crippen LogP contribution in [0.3, 0.4) is 0 Å². The van der Waals surface area contributed by atoms with Crippen molar-refractivity contribution in [3.63, 3.8) is 0 Å². The van der Waals surface area contributed by atoms with Gasteiger partial charge in [0.15, 0.2) is 0 Å². The van der Waals surface area contributed by atoms with E-state index in [9.17, 15) is 9.59 Å². The van der Waals surface area contributed by atoms with Crippen LogP contribution in [0.25, 0.3) is 0 Å². The smallest absolute Gasteiger partial charge is 0.341 e. The molecule has 0 saturated carbocycles. The summed E-state index contributed by atoms with van der Waals surface area (Å²) in [5, 5.41) is 2.85. The molecule has 0 fully saturated rings. The number of benzene rings is 1. The molecule has 152 valence electrons. The Bertz CT molecular complexity index is 617. The van der Waals surface area contributed by atoms with E-state index in [1.807, 2.05) is 6.92 Å². The molecule has 1 N–H and O–H groups in total. The van der Waals surface area contributed by atoms with Crippen molar-refractivity contribution in [2.75, 3.05) is 25.6 Å². The predicted octanol–water partition coefficient (Wildman–Crippen LogP) is 4.58. The molecule has 0 aliphatic rings. The Labute approximate surface area is 162 Å². The minimum atomic E-state index is -0.920. The van der Waals surface area contributed by atoms with Gasteiger partial charge in [0.1, 0.15) is 16.9 Å². The lowest BCUT2D eigenvalue weighted by molar-refractivity contribution is -0.136. The molecule has 0 heterocycles. The fourth-order valence-electron chi connectivity index (χ4n) is 2.60. The third-order valence-corrected chi connectivity index (χ3v) is 4.38. The van der Waals surface area contributed by atoms with Crippen LogP contribution < -0.4 is 10.1 Å². The molecule has 1 rings (SSSR count). The Morgan fingerprint density at radius 3 is 2.44 bits per heavy atom. The lowest BCUT2D eigenvalue weighted by atomic mass is 9.96. The number of rotatable bonds is 12. The highest BCUT2D eigenvalue weighted by Gasteiger charge is 2.32. The molecule has 0 unspecified atom stereocenters. The second-order valence-corrected chi connectivity index (χ2v) is 6.63. The standard InChI is InChI=1S/C21H33NO5/c1-6-9-10-13-21(4,25-5)20(24)22-16-11-12-18(27-14-7-2)17(15-16)19(23)26-8-3/h11-12,15H,6-10,13-14H2,1-5H3,(H,22,24)/t21-/m0/s1. The van der Waals surface area contributed by atoms with Crippen LogP contribution in [0.1, 0.15) is 70.2 Å². The van der Waals surface area contributed by atoms with Crippen molar-refractivity contribution in [2.45, 2.75) is 65.4 Å². The number of hydrogen-bond acceptors (Lipinski definition) is 5. The van der Waals surface area contributed by atoms with Crippen molar-refractivity contribution in [1.29, 1.82) is 0 Å². The molecule has 1 aromatic rings. The van der Waals surface area contributed by atoms with Gasteiger partial charge in [-0.05, 0) is 44.9 Å². The maximum atomic E-state index is 12.7. The van der Waals surface area contributed by atoms with E-state index in [-0.39, 0.29) is 12.5 Å². The highest BCUT2D eigenvalue weighted by Crippen LogP contribution is 2.26. The van der Waals surface area contributed by atoms with Crippen LogP contribution in [0.2, 0.25) is 0 Å². The molecule has 0 aliphatic heterocycles. The maximum Gasteiger partial charge on any atom is 0.341 e. The zero-order valence-electron chi connectivity index (χ0n) is 17.2. The summed E-state index contributed by atoms with van der Waals surface area (Å²) < 4.78 is 16.2. The average molecular weight is 379 g/mol. The summed E-state index contributed by atoms with van der Waals surface area (Å²) in [4.78, 5) is 25.0. The van der Waals surface area contributed by atoms with Crippen LogP contribution in [0, 0.1) is 0 Å². The zero-order valence-corrected chi connectivity index (χ0v) is 17.2. The highest BCUT2D eigenvalue weighted by atomic mass is 16.5. The molecule has 1 aromatic carbocycles. The van der Waals surface area contributed by atoms with Gasteiger partial charge in [0.25, 0.3) is 5.91 Å². The number of hydrogen-bond donors (Lipinski definition) is 1. The summed E-state index contributed by atoms with van der Waals surface area (Å²) in [5.41, 5.74) is -0.115. The average Bonchev–Trinajstić information content (AvgIpc) is 2.67. The molecule has 27 heavy (non-hydrogen) atoms. The Kier molecular flexibility index (Phi) is 9.86. The van der Waals surface area contributed by atoms with Gasteiger partial charge in [0.05, 0.1) is 13.2 Å². The number of ether oxygens (including phenoxy) is 3. The van der Waals surface area contributed by atoms with E-state index in [0.29, 0.717) is 30.0 Å². The number of methoxy groups -OCH3 is 1. The Morgan fingerprint density at radius 1 is 1.11 bits per heavy atom. The van der Waals surface area contributed by atoms with Gasteiger partial charge in [-0.15, -0.1) is 0 Å². The number of amides is 1. The highest BCUT2D eigenvalue weighted by molar-refractivity contribution is 5.99. The summed E-state index contributed by atoms with van der Waals surface area (Å²) >= 11 is 0. The van der Waals surface area contributed by atoms with Crippen LogP contribution in [0.4, 0.5) is 5.69 Å². The Morgan fingerprint density at radius 2 is 1.85 bits per heavy atom. The summed E-state index contributed by atoms with van der Waals surface area (Å²) in [7, 11) is 1.54.